The van der Waals surface area contributed by atoms with E-state index in [1.165, 1.54) is 7.05 Å². The number of amides is 2. The number of thioether (sulfide) groups is 1. The number of rotatable bonds is 3. The summed E-state index contributed by atoms with van der Waals surface area (Å²) in [5, 5.41) is -0.245. The molecule has 0 radical (unpaired) electrons. The fourth-order valence-electron chi connectivity index (χ4n) is 2.31. The first-order valence-corrected chi connectivity index (χ1v) is 7.86. The van der Waals surface area contributed by atoms with Crippen molar-refractivity contribution in [2.24, 2.45) is 0 Å². The van der Waals surface area contributed by atoms with E-state index in [-0.39, 0.29) is 11.1 Å². The molecule has 1 heterocycles. The molecule has 1 fully saturated rings. The van der Waals surface area contributed by atoms with Crippen LogP contribution in [-0.2, 0) is 4.79 Å². The number of benzene rings is 2. The highest BCUT2D eigenvalue weighted by molar-refractivity contribution is 8.18. The van der Waals surface area contributed by atoms with Crippen molar-refractivity contribution in [1.82, 2.24) is 4.90 Å². The van der Waals surface area contributed by atoms with Crippen molar-refractivity contribution in [1.29, 1.82) is 0 Å². The number of likely N-dealkylation sites (N-methyl/N-ethyl adjacent to an activating group) is 1. The minimum absolute atomic E-state index is 0.245. The Hall–Kier alpha value is -2.53. The van der Waals surface area contributed by atoms with Gasteiger partial charge < -0.3 is 4.74 Å². The molecule has 3 rings (SSSR count). The molecular formula is C18H15NO3S. The third-order valence-corrected chi connectivity index (χ3v) is 4.53. The van der Waals surface area contributed by atoms with E-state index in [9.17, 15) is 9.59 Å². The minimum atomic E-state index is -0.258. The molecule has 0 aromatic heterocycles. The van der Waals surface area contributed by atoms with E-state index in [1.807, 2.05) is 48.5 Å². The molecule has 0 unspecified atom stereocenters. The lowest BCUT2D eigenvalue weighted by molar-refractivity contribution is -0.121. The lowest BCUT2D eigenvalue weighted by Gasteiger charge is -2.06. The van der Waals surface area contributed by atoms with E-state index in [2.05, 4.69) is 0 Å². The SMILES string of the molecule is COc1cccc(-c2cccc(C=C3SC(=O)N(C)C3=O)c2)c1. The van der Waals surface area contributed by atoms with Crippen LogP contribution in [0.25, 0.3) is 17.2 Å². The summed E-state index contributed by atoms with van der Waals surface area (Å²) in [6.07, 6.45) is 1.75. The maximum atomic E-state index is 12.0. The molecule has 2 aromatic rings. The molecule has 1 aliphatic heterocycles. The van der Waals surface area contributed by atoms with Gasteiger partial charge in [0.25, 0.3) is 11.1 Å². The van der Waals surface area contributed by atoms with E-state index >= 15 is 0 Å². The molecule has 2 amide bonds. The normalized spacial score (nSPS) is 16.3. The number of ether oxygens (including phenoxy) is 1. The smallest absolute Gasteiger partial charge is 0.293 e. The van der Waals surface area contributed by atoms with Crippen molar-refractivity contribution < 1.29 is 14.3 Å². The Morgan fingerprint density at radius 3 is 2.39 bits per heavy atom. The van der Waals surface area contributed by atoms with Crippen LogP contribution >= 0.6 is 11.8 Å². The van der Waals surface area contributed by atoms with Crippen molar-refractivity contribution in [3.05, 3.63) is 59.0 Å². The average molecular weight is 325 g/mol. The predicted molar refractivity (Wildman–Crippen MR) is 92.2 cm³/mol. The van der Waals surface area contributed by atoms with E-state index in [0.717, 1.165) is 39.1 Å². The Morgan fingerprint density at radius 1 is 1.04 bits per heavy atom. The lowest BCUT2D eigenvalue weighted by Crippen LogP contribution is -2.22. The van der Waals surface area contributed by atoms with Crippen molar-refractivity contribution in [3.63, 3.8) is 0 Å². The van der Waals surface area contributed by atoms with Gasteiger partial charge in [0.15, 0.2) is 0 Å². The Kier molecular flexibility index (Phi) is 4.21. The van der Waals surface area contributed by atoms with Crippen molar-refractivity contribution in [2.45, 2.75) is 0 Å². The third kappa shape index (κ3) is 3.14. The van der Waals surface area contributed by atoms with E-state index in [1.54, 1.807) is 13.2 Å². The van der Waals surface area contributed by atoms with Gasteiger partial charge in [-0.15, -0.1) is 0 Å². The van der Waals surface area contributed by atoms with Gasteiger partial charge in [0.2, 0.25) is 0 Å². The second-order valence-corrected chi connectivity index (χ2v) is 6.09. The number of nitrogens with zero attached hydrogens (tertiary/aromatic N) is 1. The van der Waals surface area contributed by atoms with Crippen LogP contribution < -0.4 is 4.74 Å². The number of carbonyl (C=O) groups excluding carboxylic acids is 2. The van der Waals surface area contributed by atoms with E-state index < -0.39 is 0 Å². The summed E-state index contributed by atoms with van der Waals surface area (Å²) < 4.78 is 5.25. The molecule has 0 spiro atoms. The standard InChI is InChI=1S/C18H15NO3S/c1-19-17(20)16(23-18(19)21)10-12-5-3-6-13(9-12)14-7-4-8-15(11-14)22-2/h3-11H,1-2H3. The van der Waals surface area contributed by atoms with Gasteiger partial charge in [-0.05, 0) is 52.7 Å². The third-order valence-electron chi connectivity index (χ3n) is 3.57. The number of hydrogen-bond acceptors (Lipinski definition) is 4. The van der Waals surface area contributed by atoms with E-state index in [0.29, 0.717) is 4.91 Å². The Bertz CT molecular complexity index is 813. The molecule has 116 valence electrons. The number of carbonyl (C=O) groups is 2. The van der Waals surface area contributed by atoms with Gasteiger partial charge >= 0.3 is 0 Å². The first kappa shape index (κ1) is 15.4. The predicted octanol–water partition coefficient (Wildman–Crippen LogP) is 4.03. The van der Waals surface area contributed by atoms with Gasteiger partial charge in [0.05, 0.1) is 12.0 Å². The quantitative estimate of drug-likeness (QED) is 0.799. The highest BCUT2D eigenvalue weighted by Crippen LogP contribution is 2.32. The minimum Gasteiger partial charge on any atom is -0.497 e. The van der Waals surface area contributed by atoms with Gasteiger partial charge in [-0.25, -0.2) is 0 Å². The Balaban J connectivity index is 1.94. The second kappa shape index (κ2) is 6.30. The number of imide groups is 1. The molecule has 2 aromatic carbocycles. The maximum absolute atomic E-state index is 12.0. The zero-order valence-corrected chi connectivity index (χ0v) is 13.6. The fraction of sp³-hybridized carbons (Fsp3) is 0.111. The molecule has 0 saturated carbocycles. The summed E-state index contributed by atoms with van der Waals surface area (Å²) in [5.41, 5.74) is 2.93. The first-order chi connectivity index (χ1) is 11.1. The number of hydrogen-bond donors (Lipinski definition) is 0. The van der Waals surface area contributed by atoms with Gasteiger partial charge in [-0.1, -0.05) is 30.3 Å². The van der Waals surface area contributed by atoms with Crippen molar-refractivity contribution in [3.8, 4) is 16.9 Å². The van der Waals surface area contributed by atoms with Crippen LogP contribution in [-0.4, -0.2) is 30.2 Å². The summed E-state index contributed by atoms with van der Waals surface area (Å²) in [6.45, 7) is 0. The van der Waals surface area contributed by atoms with Gasteiger partial charge in [-0.3, -0.25) is 14.5 Å². The maximum Gasteiger partial charge on any atom is 0.293 e. The highest BCUT2D eigenvalue weighted by Gasteiger charge is 2.31. The summed E-state index contributed by atoms with van der Waals surface area (Å²) >= 11 is 0.963. The van der Waals surface area contributed by atoms with Crippen LogP contribution in [0.2, 0.25) is 0 Å². The van der Waals surface area contributed by atoms with Gasteiger partial charge in [0, 0.05) is 7.05 Å². The summed E-state index contributed by atoms with van der Waals surface area (Å²) in [6, 6.07) is 15.6. The molecule has 0 aliphatic carbocycles. The molecule has 23 heavy (non-hydrogen) atoms. The van der Waals surface area contributed by atoms with Gasteiger partial charge in [-0.2, -0.15) is 0 Å². The Labute approximate surface area is 138 Å². The highest BCUT2D eigenvalue weighted by atomic mass is 32.2. The molecule has 0 bridgehead atoms. The first-order valence-electron chi connectivity index (χ1n) is 7.04. The van der Waals surface area contributed by atoms with Crippen LogP contribution in [0.15, 0.2) is 53.4 Å². The molecule has 1 saturated heterocycles. The fourth-order valence-corrected chi connectivity index (χ4v) is 3.13. The molecule has 1 aliphatic rings. The Morgan fingerprint density at radius 2 is 1.74 bits per heavy atom. The van der Waals surface area contributed by atoms with Crippen LogP contribution in [0.3, 0.4) is 0 Å². The van der Waals surface area contributed by atoms with E-state index in [4.69, 9.17) is 4.74 Å². The van der Waals surface area contributed by atoms with Crippen molar-refractivity contribution >= 4 is 29.0 Å². The lowest BCUT2D eigenvalue weighted by atomic mass is 10.0. The molecule has 5 heteroatoms. The van der Waals surface area contributed by atoms with Crippen LogP contribution in [0.4, 0.5) is 4.79 Å². The van der Waals surface area contributed by atoms with Gasteiger partial charge in [0.1, 0.15) is 5.75 Å². The monoisotopic (exact) mass is 325 g/mol. The summed E-state index contributed by atoms with van der Waals surface area (Å²) in [5.74, 6) is 0.534. The second-order valence-electron chi connectivity index (χ2n) is 5.10. The largest absolute Gasteiger partial charge is 0.497 e. The topological polar surface area (TPSA) is 46.6 Å². The zero-order valence-electron chi connectivity index (χ0n) is 12.8. The summed E-state index contributed by atoms with van der Waals surface area (Å²) in [7, 11) is 3.13. The number of methoxy groups -OCH3 is 1. The molecular weight excluding hydrogens is 310 g/mol. The van der Waals surface area contributed by atoms with Crippen molar-refractivity contribution in [2.75, 3.05) is 14.2 Å². The summed E-state index contributed by atoms with van der Waals surface area (Å²) in [4.78, 5) is 25.1. The zero-order chi connectivity index (χ0) is 16.4. The molecule has 4 nitrogen and oxygen atoms in total. The van der Waals surface area contributed by atoms with Crippen LogP contribution in [0.1, 0.15) is 5.56 Å². The molecule has 0 atom stereocenters. The average Bonchev–Trinajstić information content (AvgIpc) is 2.82. The van der Waals surface area contributed by atoms with Crippen LogP contribution in [0, 0.1) is 0 Å². The molecule has 0 N–H and O–H groups in total. The van der Waals surface area contributed by atoms with Crippen LogP contribution in [0.5, 0.6) is 5.75 Å².